The van der Waals surface area contributed by atoms with Crippen molar-refractivity contribution in [3.63, 3.8) is 0 Å². The van der Waals surface area contributed by atoms with E-state index in [2.05, 4.69) is 11.2 Å². The van der Waals surface area contributed by atoms with Gasteiger partial charge in [0.1, 0.15) is 6.04 Å². The first-order valence-electron chi connectivity index (χ1n) is 7.07. The topological polar surface area (TPSA) is 58.4 Å². The lowest BCUT2D eigenvalue weighted by Crippen LogP contribution is -2.45. The van der Waals surface area contributed by atoms with Crippen molar-refractivity contribution in [2.24, 2.45) is 7.05 Å². The Morgan fingerprint density at radius 2 is 2.10 bits per heavy atom. The van der Waals surface area contributed by atoms with Crippen molar-refractivity contribution in [2.45, 2.75) is 32.5 Å². The van der Waals surface area contributed by atoms with Crippen LogP contribution in [0.1, 0.15) is 22.4 Å². The number of carbonyl (C=O) groups is 1. The molecule has 0 spiro atoms. The summed E-state index contributed by atoms with van der Waals surface area (Å²) in [6, 6.07) is 7.61. The fraction of sp³-hybridized carbons (Fsp3) is 0.375. The van der Waals surface area contributed by atoms with Crippen molar-refractivity contribution in [1.29, 1.82) is 0 Å². The summed E-state index contributed by atoms with van der Waals surface area (Å²) in [5.41, 5.74) is 4.53. The molecule has 3 rings (SSSR count). The molecule has 1 aliphatic rings. The predicted molar refractivity (Wildman–Crippen MR) is 78.8 cm³/mol. The Morgan fingerprint density at radius 1 is 1.38 bits per heavy atom. The molecule has 2 heterocycles. The minimum Gasteiger partial charge on any atom is -0.480 e. The molecule has 0 fully saturated rings. The number of hydrogen-bond acceptors (Lipinski definition) is 3. The number of aliphatic carboxylic acids is 1. The molecule has 1 aliphatic heterocycles. The van der Waals surface area contributed by atoms with Gasteiger partial charge in [0.05, 0.1) is 6.20 Å². The maximum atomic E-state index is 11.6. The van der Waals surface area contributed by atoms with Gasteiger partial charge in [0.2, 0.25) is 0 Å². The van der Waals surface area contributed by atoms with Gasteiger partial charge in [-0.25, -0.2) is 0 Å². The monoisotopic (exact) mass is 285 g/mol. The zero-order valence-corrected chi connectivity index (χ0v) is 12.3. The highest BCUT2D eigenvalue weighted by atomic mass is 16.4. The molecule has 0 aliphatic carbocycles. The van der Waals surface area contributed by atoms with Crippen molar-refractivity contribution < 1.29 is 9.90 Å². The molecule has 1 unspecified atom stereocenters. The Bertz CT molecular complexity index is 678. The molecule has 2 aromatic rings. The van der Waals surface area contributed by atoms with Gasteiger partial charge in [-0.2, -0.15) is 5.10 Å². The molecule has 0 bridgehead atoms. The molecule has 5 nitrogen and oxygen atoms in total. The number of nitrogens with zero attached hydrogens (tertiary/aromatic N) is 3. The molecule has 1 aromatic carbocycles. The number of aryl methyl sites for hydroxylation is 1. The average molecular weight is 285 g/mol. The number of rotatable bonds is 3. The Morgan fingerprint density at radius 3 is 2.71 bits per heavy atom. The molecule has 21 heavy (non-hydrogen) atoms. The number of fused-ring (bicyclic) bond motifs is 1. The van der Waals surface area contributed by atoms with Crippen molar-refractivity contribution in [3.05, 3.63) is 52.8 Å². The van der Waals surface area contributed by atoms with Gasteiger partial charge in [0, 0.05) is 31.4 Å². The van der Waals surface area contributed by atoms with Crippen LogP contribution in [0.2, 0.25) is 0 Å². The quantitative estimate of drug-likeness (QED) is 0.933. The third kappa shape index (κ3) is 2.56. The number of carboxylic acid groups (broad SMARTS) is 1. The van der Waals surface area contributed by atoms with Crippen molar-refractivity contribution in [1.82, 2.24) is 14.7 Å². The fourth-order valence-corrected chi connectivity index (χ4v) is 2.91. The van der Waals surface area contributed by atoms with Gasteiger partial charge in [-0.15, -0.1) is 0 Å². The first-order chi connectivity index (χ1) is 10.1. The summed E-state index contributed by atoms with van der Waals surface area (Å²) in [5, 5.41) is 13.8. The Kier molecular flexibility index (Phi) is 3.51. The number of benzene rings is 1. The van der Waals surface area contributed by atoms with E-state index in [0.29, 0.717) is 19.5 Å². The van der Waals surface area contributed by atoms with Gasteiger partial charge < -0.3 is 5.11 Å². The third-order valence-corrected chi connectivity index (χ3v) is 4.34. The summed E-state index contributed by atoms with van der Waals surface area (Å²) in [7, 11) is 1.90. The van der Waals surface area contributed by atoms with E-state index in [9.17, 15) is 9.90 Å². The summed E-state index contributed by atoms with van der Waals surface area (Å²) in [6.07, 6.45) is 2.39. The van der Waals surface area contributed by atoms with Crippen molar-refractivity contribution >= 4 is 5.97 Å². The summed E-state index contributed by atoms with van der Waals surface area (Å²) in [5.74, 6) is -0.758. The van der Waals surface area contributed by atoms with Crippen LogP contribution in [0.5, 0.6) is 0 Å². The number of aromatic nitrogens is 2. The van der Waals surface area contributed by atoms with Crippen LogP contribution in [0.3, 0.4) is 0 Å². The van der Waals surface area contributed by atoms with E-state index in [1.807, 2.05) is 47.9 Å². The molecule has 0 amide bonds. The zero-order valence-electron chi connectivity index (χ0n) is 12.3. The molecule has 1 atom stereocenters. The van der Waals surface area contributed by atoms with Crippen LogP contribution < -0.4 is 0 Å². The zero-order chi connectivity index (χ0) is 15.0. The smallest absolute Gasteiger partial charge is 0.321 e. The van der Waals surface area contributed by atoms with E-state index >= 15 is 0 Å². The highest BCUT2D eigenvalue weighted by molar-refractivity contribution is 5.74. The second-order valence-electron chi connectivity index (χ2n) is 5.61. The van der Waals surface area contributed by atoms with E-state index in [-0.39, 0.29) is 0 Å². The van der Waals surface area contributed by atoms with E-state index < -0.39 is 12.0 Å². The maximum Gasteiger partial charge on any atom is 0.321 e. The first-order valence-corrected chi connectivity index (χ1v) is 7.07. The summed E-state index contributed by atoms with van der Waals surface area (Å²) >= 11 is 0. The maximum absolute atomic E-state index is 11.6. The SMILES string of the molecule is Cc1c(CN2Cc3ccccc3CC2C(=O)O)cnn1C. The van der Waals surface area contributed by atoms with Crippen LogP contribution >= 0.6 is 0 Å². The summed E-state index contributed by atoms with van der Waals surface area (Å²) in [6.45, 7) is 3.29. The van der Waals surface area contributed by atoms with Gasteiger partial charge in [-0.3, -0.25) is 14.4 Å². The van der Waals surface area contributed by atoms with Crippen LogP contribution in [0.25, 0.3) is 0 Å². The predicted octanol–water partition coefficient (Wildman–Crippen LogP) is 1.74. The van der Waals surface area contributed by atoms with Gasteiger partial charge in [-0.1, -0.05) is 24.3 Å². The van der Waals surface area contributed by atoms with Gasteiger partial charge >= 0.3 is 5.97 Å². The second-order valence-corrected chi connectivity index (χ2v) is 5.61. The largest absolute Gasteiger partial charge is 0.480 e. The van der Waals surface area contributed by atoms with Crippen LogP contribution in [0.4, 0.5) is 0 Å². The molecule has 5 heteroatoms. The van der Waals surface area contributed by atoms with Gasteiger partial charge in [-0.05, 0) is 24.5 Å². The lowest BCUT2D eigenvalue weighted by atomic mass is 9.93. The fourth-order valence-electron chi connectivity index (χ4n) is 2.91. The molecular weight excluding hydrogens is 266 g/mol. The normalized spacial score (nSPS) is 18.5. The molecule has 1 aromatic heterocycles. The summed E-state index contributed by atoms with van der Waals surface area (Å²) < 4.78 is 1.82. The average Bonchev–Trinajstić information content (AvgIpc) is 2.78. The third-order valence-electron chi connectivity index (χ3n) is 4.34. The highest BCUT2D eigenvalue weighted by Gasteiger charge is 2.31. The van der Waals surface area contributed by atoms with Crippen LogP contribution in [-0.4, -0.2) is 31.8 Å². The van der Waals surface area contributed by atoms with Gasteiger partial charge in [0.25, 0.3) is 0 Å². The number of hydrogen-bond donors (Lipinski definition) is 1. The van der Waals surface area contributed by atoms with Crippen LogP contribution in [0, 0.1) is 6.92 Å². The Labute approximate surface area is 123 Å². The van der Waals surface area contributed by atoms with Gasteiger partial charge in [0.15, 0.2) is 0 Å². The lowest BCUT2D eigenvalue weighted by molar-refractivity contribution is -0.144. The molecule has 0 saturated carbocycles. The van der Waals surface area contributed by atoms with Crippen molar-refractivity contribution in [3.8, 4) is 0 Å². The molecule has 0 saturated heterocycles. The van der Waals surface area contributed by atoms with Crippen LogP contribution in [-0.2, 0) is 31.4 Å². The minimum absolute atomic E-state index is 0.473. The summed E-state index contributed by atoms with van der Waals surface area (Å²) in [4.78, 5) is 13.6. The van der Waals surface area contributed by atoms with E-state index in [4.69, 9.17) is 0 Å². The second kappa shape index (κ2) is 5.33. The van der Waals surface area contributed by atoms with Crippen LogP contribution in [0.15, 0.2) is 30.5 Å². The van der Waals surface area contributed by atoms with E-state index in [0.717, 1.165) is 16.8 Å². The van der Waals surface area contributed by atoms with E-state index in [1.54, 1.807) is 0 Å². The standard InChI is InChI=1S/C16H19N3O2/c1-11-14(8-17-18(11)2)10-19-9-13-6-4-3-5-12(13)7-15(19)16(20)21/h3-6,8,15H,7,9-10H2,1-2H3,(H,20,21). The van der Waals surface area contributed by atoms with Crippen molar-refractivity contribution in [2.75, 3.05) is 0 Å². The number of carboxylic acids is 1. The Hall–Kier alpha value is -2.14. The minimum atomic E-state index is -0.758. The van der Waals surface area contributed by atoms with E-state index in [1.165, 1.54) is 5.56 Å². The Balaban J connectivity index is 1.89. The molecular formula is C16H19N3O2. The molecule has 1 N–H and O–H groups in total. The molecule has 110 valence electrons. The first kappa shape index (κ1) is 13.8. The highest BCUT2D eigenvalue weighted by Crippen LogP contribution is 2.25. The molecule has 0 radical (unpaired) electrons. The lowest BCUT2D eigenvalue weighted by Gasteiger charge is -2.34.